The van der Waals surface area contributed by atoms with Gasteiger partial charge in [0.15, 0.2) is 11.6 Å². The molecule has 0 bridgehead atoms. The van der Waals surface area contributed by atoms with Gasteiger partial charge in [0.25, 0.3) is 11.8 Å². The van der Waals surface area contributed by atoms with Crippen LogP contribution in [0.5, 0.6) is 0 Å². The monoisotopic (exact) mass is 518 g/mol. The highest BCUT2D eigenvalue weighted by Crippen LogP contribution is 2.27. The van der Waals surface area contributed by atoms with E-state index in [1.54, 1.807) is 36.0 Å². The zero-order valence-electron chi connectivity index (χ0n) is 20.6. The van der Waals surface area contributed by atoms with Gasteiger partial charge in [-0.2, -0.15) is 0 Å². The summed E-state index contributed by atoms with van der Waals surface area (Å²) < 4.78 is 16.4. The molecule has 2 amide bonds. The summed E-state index contributed by atoms with van der Waals surface area (Å²) in [6, 6.07) is 7.45. The number of anilines is 4. The van der Waals surface area contributed by atoms with Gasteiger partial charge in [-0.15, -0.1) is 5.10 Å². The number of primary amides is 1. The summed E-state index contributed by atoms with van der Waals surface area (Å²) in [4.78, 5) is 33.3. The van der Waals surface area contributed by atoms with Gasteiger partial charge in [0.2, 0.25) is 0 Å². The van der Waals surface area contributed by atoms with Gasteiger partial charge in [-0.1, -0.05) is 18.1 Å². The SMILES string of the molecule is Cn1nnc2cc(C(=O)Nc3cncc(Nc4nc(NC5CCCCC5N)c(F)cc4C(N)=O)c3)ccc21. The van der Waals surface area contributed by atoms with E-state index in [2.05, 4.69) is 36.2 Å². The Bertz CT molecular complexity index is 1520. The average Bonchev–Trinajstić information content (AvgIpc) is 3.27. The fourth-order valence-electron chi connectivity index (χ4n) is 4.49. The number of hydrogen-bond acceptors (Lipinski definition) is 9. The molecule has 38 heavy (non-hydrogen) atoms. The van der Waals surface area contributed by atoms with Crippen LogP contribution in [0.4, 0.5) is 27.4 Å². The summed E-state index contributed by atoms with van der Waals surface area (Å²) in [5.74, 6) is -1.91. The predicted molar refractivity (Wildman–Crippen MR) is 141 cm³/mol. The highest BCUT2D eigenvalue weighted by Gasteiger charge is 2.24. The second kappa shape index (κ2) is 10.4. The lowest BCUT2D eigenvalue weighted by Crippen LogP contribution is -2.43. The van der Waals surface area contributed by atoms with Crippen LogP contribution >= 0.6 is 0 Å². The van der Waals surface area contributed by atoms with Gasteiger partial charge in [-0.3, -0.25) is 14.6 Å². The van der Waals surface area contributed by atoms with E-state index in [9.17, 15) is 14.0 Å². The molecule has 0 spiro atoms. The molecule has 0 saturated heterocycles. The number of nitrogens with two attached hydrogens (primary N) is 2. The first-order valence-corrected chi connectivity index (χ1v) is 12.1. The molecule has 2 unspecified atom stereocenters. The van der Waals surface area contributed by atoms with Crippen LogP contribution in [-0.2, 0) is 7.05 Å². The van der Waals surface area contributed by atoms with Gasteiger partial charge in [-0.05, 0) is 43.2 Å². The number of nitrogens with one attached hydrogen (secondary N) is 3. The summed E-state index contributed by atoms with van der Waals surface area (Å²) in [5, 5.41) is 16.8. The van der Waals surface area contributed by atoms with Gasteiger partial charge in [0.05, 0.1) is 34.8 Å². The summed E-state index contributed by atoms with van der Waals surface area (Å²) in [6.45, 7) is 0. The third-order valence-corrected chi connectivity index (χ3v) is 6.51. The van der Waals surface area contributed by atoms with Crippen molar-refractivity contribution in [2.24, 2.45) is 18.5 Å². The molecule has 5 rings (SSSR count). The lowest BCUT2D eigenvalue weighted by atomic mass is 9.91. The minimum atomic E-state index is -0.850. The number of pyridine rings is 2. The molecule has 1 saturated carbocycles. The van der Waals surface area contributed by atoms with E-state index in [-0.39, 0.29) is 35.2 Å². The van der Waals surface area contributed by atoms with E-state index >= 15 is 0 Å². The van der Waals surface area contributed by atoms with Crippen LogP contribution in [-0.4, -0.2) is 48.9 Å². The van der Waals surface area contributed by atoms with Crippen molar-refractivity contribution >= 4 is 45.9 Å². The fourth-order valence-corrected chi connectivity index (χ4v) is 4.49. The molecule has 0 radical (unpaired) electrons. The molecule has 1 aliphatic rings. The molecular weight excluding hydrogens is 491 g/mol. The number of nitrogens with zero attached hydrogens (tertiary/aromatic N) is 5. The van der Waals surface area contributed by atoms with Crippen molar-refractivity contribution in [3.05, 3.63) is 59.7 Å². The maximum Gasteiger partial charge on any atom is 0.255 e. The van der Waals surface area contributed by atoms with E-state index in [1.807, 2.05) is 0 Å². The Balaban J connectivity index is 1.36. The maximum absolute atomic E-state index is 14.8. The predicted octanol–water partition coefficient (Wildman–Crippen LogP) is 2.67. The van der Waals surface area contributed by atoms with E-state index in [0.717, 1.165) is 37.3 Å². The Morgan fingerprint density at radius 3 is 2.66 bits per heavy atom. The highest BCUT2D eigenvalue weighted by molar-refractivity contribution is 6.06. The molecule has 1 fully saturated rings. The van der Waals surface area contributed by atoms with Crippen molar-refractivity contribution in [1.82, 2.24) is 25.0 Å². The lowest BCUT2D eigenvalue weighted by molar-refractivity contribution is 0.0997. The summed E-state index contributed by atoms with van der Waals surface area (Å²) >= 11 is 0. The Kier molecular flexibility index (Phi) is 6.83. The number of rotatable bonds is 7. The number of aromatic nitrogens is 5. The zero-order chi connectivity index (χ0) is 26.8. The third kappa shape index (κ3) is 5.22. The molecule has 0 aliphatic heterocycles. The number of halogens is 1. The molecule has 1 aliphatic carbocycles. The fraction of sp³-hybridized carbons (Fsp3) is 0.280. The van der Waals surface area contributed by atoms with Crippen molar-refractivity contribution in [2.45, 2.75) is 37.8 Å². The van der Waals surface area contributed by atoms with E-state index in [0.29, 0.717) is 22.5 Å². The second-order valence-corrected chi connectivity index (χ2v) is 9.24. The van der Waals surface area contributed by atoms with Crippen LogP contribution in [0, 0.1) is 5.82 Å². The number of fused-ring (bicyclic) bond motifs is 1. The molecule has 1 aromatic carbocycles. The number of benzene rings is 1. The standard InChI is InChI=1S/C25H27FN10O2/c1-36-21-7-6-13(8-20(21)34-35-36)25(38)31-15-9-14(11-29-12-15)30-23-16(22(28)37)10-17(26)24(33-23)32-19-5-3-2-4-18(19)27/h6-12,18-19H,2-5,27H2,1H3,(H2,28,37)(H,31,38)(H2,30,32,33). The molecule has 3 aromatic heterocycles. The van der Waals surface area contributed by atoms with Crippen molar-refractivity contribution < 1.29 is 14.0 Å². The van der Waals surface area contributed by atoms with Crippen molar-refractivity contribution in [2.75, 3.05) is 16.0 Å². The Labute approximate surface area is 217 Å². The third-order valence-electron chi connectivity index (χ3n) is 6.51. The first-order valence-electron chi connectivity index (χ1n) is 12.1. The quantitative estimate of drug-likeness (QED) is 0.246. The van der Waals surface area contributed by atoms with Gasteiger partial charge in [0.1, 0.15) is 11.3 Å². The van der Waals surface area contributed by atoms with Crippen LogP contribution in [0.3, 0.4) is 0 Å². The average molecular weight is 519 g/mol. The number of aryl methyl sites for hydroxylation is 1. The molecule has 12 nitrogen and oxygen atoms in total. The Hall–Kier alpha value is -4.65. The molecule has 4 aromatic rings. The van der Waals surface area contributed by atoms with Crippen LogP contribution in [0.1, 0.15) is 46.4 Å². The number of carbonyl (C=O) groups is 2. The molecule has 13 heteroatoms. The van der Waals surface area contributed by atoms with Crippen molar-refractivity contribution in [3.63, 3.8) is 0 Å². The number of carbonyl (C=O) groups excluding carboxylic acids is 2. The lowest BCUT2D eigenvalue weighted by Gasteiger charge is -2.30. The maximum atomic E-state index is 14.8. The molecular formula is C25H27FN10O2. The Morgan fingerprint density at radius 1 is 1.08 bits per heavy atom. The van der Waals surface area contributed by atoms with E-state index in [4.69, 9.17) is 11.5 Å². The topological polar surface area (TPSA) is 179 Å². The summed E-state index contributed by atoms with van der Waals surface area (Å²) in [7, 11) is 1.77. The van der Waals surface area contributed by atoms with Gasteiger partial charge in [-0.25, -0.2) is 14.1 Å². The first kappa shape index (κ1) is 25.0. The Morgan fingerprint density at radius 2 is 1.87 bits per heavy atom. The smallest absolute Gasteiger partial charge is 0.255 e. The molecule has 7 N–H and O–H groups in total. The zero-order valence-corrected chi connectivity index (χ0v) is 20.6. The van der Waals surface area contributed by atoms with Crippen LogP contribution < -0.4 is 27.4 Å². The van der Waals surface area contributed by atoms with Gasteiger partial charge in [0, 0.05) is 24.7 Å². The van der Waals surface area contributed by atoms with E-state index in [1.165, 1.54) is 12.4 Å². The summed E-state index contributed by atoms with van der Waals surface area (Å²) in [6.07, 6.45) is 6.57. The number of hydrogen-bond donors (Lipinski definition) is 5. The number of amides is 2. The van der Waals surface area contributed by atoms with Crippen LogP contribution in [0.25, 0.3) is 11.0 Å². The minimum absolute atomic E-state index is 0.0309. The highest BCUT2D eigenvalue weighted by atomic mass is 19.1. The van der Waals surface area contributed by atoms with Gasteiger partial charge < -0.3 is 27.4 Å². The summed E-state index contributed by atoms with van der Waals surface area (Å²) in [5.41, 5.74) is 14.1. The molecule has 2 atom stereocenters. The minimum Gasteiger partial charge on any atom is -0.365 e. The van der Waals surface area contributed by atoms with Crippen molar-refractivity contribution in [3.8, 4) is 0 Å². The van der Waals surface area contributed by atoms with Crippen LogP contribution in [0.15, 0.2) is 42.7 Å². The molecule has 196 valence electrons. The van der Waals surface area contributed by atoms with E-state index < -0.39 is 11.7 Å². The molecule has 3 heterocycles. The van der Waals surface area contributed by atoms with Crippen molar-refractivity contribution in [1.29, 1.82) is 0 Å². The second-order valence-electron chi connectivity index (χ2n) is 9.24. The van der Waals surface area contributed by atoms with Gasteiger partial charge >= 0.3 is 0 Å². The normalized spacial score (nSPS) is 17.2. The largest absolute Gasteiger partial charge is 0.365 e. The first-order chi connectivity index (χ1) is 18.3. The van der Waals surface area contributed by atoms with Crippen LogP contribution in [0.2, 0.25) is 0 Å².